The Labute approximate surface area is 146 Å². The molecule has 0 bridgehead atoms. The van der Waals surface area contributed by atoms with E-state index in [9.17, 15) is 4.79 Å². The molecule has 0 spiro atoms. The average Bonchev–Trinajstić information content (AvgIpc) is 2.94. The fraction of sp³-hybridized carbons (Fsp3) is 0.368. The minimum atomic E-state index is 0.0221. The van der Waals surface area contributed by atoms with Gasteiger partial charge in [-0.15, -0.1) is 0 Å². The summed E-state index contributed by atoms with van der Waals surface area (Å²) in [6.07, 6.45) is 0.894. The third kappa shape index (κ3) is 3.26. The molecule has 0 aliphatic rings. The van der Waals surface area contributed by atoms with E-state index in [1.807, 2.05) is 17.6 Å². The van der Waals surface area contributed by atoms with Gasteiger partial charge in [0.15, 0.2) is 5.16 Å². The molecular weight excluding hydrogens is 318 g/mol. The first-order valence-electron chi connectivity index (χ1n) is 8.29. The normalized spacial score (nSPS) is 12.7. The van der Waals surface area contributed by atoms with E-state index in [2.05, 4.69) is 50.0 Å². The Morgan fingerprint density at radius 1 is 1.25 bits per heavy atom. The number of nitrogens with zero attached hydrogens (tertiary/aromatic N) is 2. The molecule has 0 fully saturated rings. The monoisotopic (exact) mass is 341 g/mol. The lowest BCUT2D eigenvalue weighted by atomic mass is 10.2. The van der Waals surface area contributed by atoms with Gasteiger partial charge in [0.25, 0.3) is 5.56 Å². The Morgan fingerprint density at radius 2 is 1.96 bits per heavy atom. The van der Waals surface area contributed by atoms with E-state index in [0.717, 1.165) is 28.5 Å². The number of rotatable bonds is 5. The summed E-state index contributed by atoms with van der Waals surface area (Å²) in [4.78, 5) is 20.8. The van der Waals surface area contributed by atoms with Crippen LogP contribution in [-0.4, -0.2) is 14.5 Å². The van der Waals surface area contributed by atoms with Crippen LogP contribution in [0.1, 0.15) is 43.1 Å². The topological polar surface area (TPSA) is 50.7 Å². The van der Waals surface area contributed by atoms with E-state index in [1.54, 1.807) is 11.8 Å². The van der Waals surface area contributed by atoms with Gasteiger partial charge in [-0.2, -0.15) is 0 Å². The summed E-state index contributed by atoms with van der Waals surface area (Å²) in [6.45, 7) is 8.20. The highest BCUT2D eigenvalue weighted by molar-refractivity contribution is 7.98. The molecule has 4 nitrogen and oxygen atoms in total. The predicted molar refractivity (Wildman–Crippen MR) is 101 cm³/mol. The molecule has 3 rings (SSSR count). The van der Waals surface area contributed by atoms with E-state index >= 15 is 0 Å². The molecule has 2 aromatic heterocycles. The third-order valence-corrected chi connectivity index (χ3v) is 5.33. The van der Waals surface area contributed by atoms with Crippen LogP contribution in [0, 0.1) is 13.8 Å². The van der Waals surface area contributed by atoms with E-state index in [4.69, 9.17) is 4.98 Å². The summed E-state index contributed by atoms with van der Waals surface area (Å²) >= 11 is 1.63. The van der Waals surface area contributed by atoms with Gasteiger partial charge in [0.05, 0.1) is 5.52 Å². The van der Waals surface area contributed by atoms with Gasteiger partial charge < -0.3 is 4.98 Å². The van der Waals surface area contributed by atoms with Gasteiger partial charge in [-0.3, -0.25) is 9.36 Å². The zero-order valence-electron chi connectivity index (χ0n) is 14.6. The van der Waals surface area contributed by atoms with Crippen molar-refractivity contribution in [3.63, 3.8) is 0 Å². The van der Waals surface area contributed by atoms with Crippen LogP contribution in [0.2, 0.25) is 0 Å². The van der Waals surface area contributed by atoms with Crippen LogP contribution in [0.5, 0.6) is 0 Å². The third-order valence-electron chi connectivity index (χ3n) is 4.31. The number of fused-ring (bicyclic) bond motifs is 1. The first-order valence-corrected chi connectivity index (χ1v) is 9.28. The van der Waals surface area contributed by atoms with Crippen LogP contribution >= 0.6 is 11.8 Å². The minimum Gasteiger partial charge on any atom is -0.353 e. The number of nitrogens with one attached hydrogen (secondary N) is 1. The summed E-state index contributed by atoms with van der Waals surface area (Å²) in [7, 11) is 0. The van der Waals surface area contributed by atoms with E-state index < -0.39 is 0 Å². The molecule has 0 amide bonds. The summed E-state index contributed by atoms with van der Waals surface area (Å²) in [6, 6.07) is 10.6. The van der Waals surface area contributed by atoms with Crippen molar-refractivity contribution in [3.8, 4) is 0 Å². The lowest BCUT2D eigenvalue weighted by Gasteiger charge is -2.17. The first-order chi connectivity index (χ1) is 11.5. The van der Waals surface area contributed by atoms with Gasteiger partial charge in [0.1, 0.15) is 5.52 Å². The van der Waals surface area contributed by atoms with Gasteiger partial charge in [-0.25, -0.2) is 4.98 Å². The van der Waals surface area contributed by atoms with Crippen molar-refractivity contribution in [2.75, 3.05) is 0 Å². The van der Waals surface area contributed by atoms with Crippen LogP contribution in [0.3, 0.4) is 0 Å². The van der Waals surface area contributed by atoms with Gasteiger partial charge in [0.2, 0.25) is 0 Å². The summed E-state index contributed by atoms with van der Waals surface area (Å²) in [5.74, 6) is 0.804. The molecule has 1 atom stereocenters. The van der Waals surface area contributed by atoms with Crippen LogP contribution < -0.4 is 5.56 Å². The van der Waals surface area contributed by atoms with Crippen molar-refractivity contribution in [1.29, 1.82) is 0 Å². The molecule has 1 N–H and O–H groups in total. The molecule has 2 heterocycles. The number of hydrogen-bond acceptors (Lipinski definition) is 3. The molecule has 5 heteroatoms. The van der Waals surface area contributed by atoms with Crippen LogP contribution in [0.4, 0.5) is 0 Å². The second-order valence-electron chi connectivity index (χ2n) is 6.31. The zero-order valence-corrected chi connectivity index (χ0v) is 15.4. The molecule has 1 aromatic carbocycles. The number of H-pyrrole nitrogens is 1. The van der Waals surface area contributed by atoms with Crippen molar-refractivity contribution >= 4 is 22.8 Å². The van der Waals surface area contributed by atoms with Gasteiger partial charge in [0, 0.05) is 17.5 Å². The zero-order chi connectivity index (χ0) is 17.3. The molecule has 0 radical (unpaired) electrons. The Hall–Kier alpha value is -2.01. The molecule has 1 unspecified atom stereocenters. The molecule has 24 heavy (non-hydrogen) atoms. The van der Waals surface area contributed by atoms with Gasteiger partial charge >= 0.3 is 0 Å². The molecule has 3 aromatic rings. The Balaban J connectivity index is 2.01. The SMILES string of the molecule is CCC(C)n1c(SCc2ccc(C)cc2)nc2cc(C)[nH]c2c1=O. The maximum absolute atomic E-state index is 12.9. The van der Waals surface area contributed by atoms with Crippen LogP contribution in [0.25, 0.3) is 11.0 Å². The second kappa shape index (κ2) is 6.85. The van der Waals surface area contributed by atoms with Crippen molar-refractivity contribution in [3.05, 3.63) is 57.5 Å². The second-order valence-corrected chi connectivity index (χ2v) is 7.26. The maximum atomic E-state index is 12.9. The average molecular weight is 341 g/mol. The number of aromatic amines is 1. The first kappa shape index (κ1) is 16.8. The standard InChI is InChI=1S/C19H23N3OS/c1-5-14(4)22-18(23)17-16(10-13(3)20-17)21-19(22)24-11-15-8-6-12(2)7-9-15/h6-10,14,20H,5,11H2,1-4H3. The Morgan fingerprint density at radius 3 is 2.62 bits per heavy atom. The van der Waals surface area contributed by atoms with Crippen LogP contribution in [0.15, 0.2) is 40.3 Å². The number of aryl methyl sites for hydroxylation is 2. The van der Waals surface area contributed by atoms with Crippen molar-refractivity contribution < 1.29 is 0 Å². The smallest absolute Gasteiger partial charge is 0.278 e. The Kier molecular flexibility index (Phi) is 4.81. The summed E-state index contributed by atoms with van der Waals surface area (Å²) in [5.41, 5.74) is 4.83. The van der Waals surface area contributed by atoms with E-state index in [-0.39, 0.29) is 11.6 Å². The van der Waals surface area contributed by atoms with Gasteiger partial charge in [-0.05, 0) is 38.8 Å². The largest absolute Gasteiger partial charge is 0.353 e. The lowest BCUT2D eigenvalue weighted by Crippen LogP contribution is -2.26. The quantitative estimate of drug-likeness (QED) is 0.545. The van der Waals surface area contributed by atoms with E-state index in [0.29, 0.717) is 5.52 Å². The number of benzene rings is 1. The van der Waals surface area contributed by atoms with Crippen molar-refractivity contribution in [2.45, 2.75) is 51.1 Å². The fourth-order valence-corrected chi connectivity index (χ4v) is 3.75. The number of hydrogen-bond donors (Lipinski definition) is 1. The number of thioether (sulfide) groups is 1. The molecule has 0 aliphatic carbocycles. The highest BCUT2D eigenvalue weighted by Gasteiger charge is 2.17. The maximum Gasteiger partial charge on any atom is 0.278 e. The molecule has 0 saturated heterocycles. The summed E-state index contributed by atoms with van der Waals surface area (Å²) in [5, 5.41) is 0.793. The highest BCUT2D eigenvalue weighted by Crippen LogP contribution is 2.25. The van der Waals surface area contributed by atoms with E-state index in [1.165, 1.54) is 11.1 Å². The Bertz CT molecular complexity index is 909. The van der Waals surface area contributed by atoms with Crippen LogP contribution in [-0.2, 0) is 5.75 Å². The lowest BCUT2D eigenvalue weighted by molar-refractivity contribution is 0.468. The van der Waals surface area contributed by atoms with Crippen molar-refractivity contribution in [2.24, 2.45) is 0 Å². The minimum absolute atomic E-state index is 0.0221. The predicted octanol–water partition coefficient (Wildman–Crippen LogP) is 4.60. The van der Waals surface area contributed by atoms with Gasteiger partial charge in [-0.1, -0.05) is 48.5 Å². The highest BCUT2D eigenvalue weighted by atomic mass is 32.2. The molecular formula is C19H23N3OS. The molecule has 0 saturated carbocycles. The summed E-state index contributed by atoms with van der Waals surface area (Å²) < 4.78 is 1.83. The van der Waals surface area contributed by atoms with Crippen molar-refractivity contribution in [1.82, 2.24) is 14.5 Å². The fourth-order valence-electron chi connectivity index (χ4n) is 2.70. The molecule has 0 aliphatic heterocycles. The molecule has 126 valence electrons. The number of aromatic nitrogens is 3.